The van der Waals surface area contributed by atoms with E-state index in [1.54, 1.807) is 23.1 Å². The Morgan fingerprint density at radius 2 is 1.95 bits per heavy atom. The summed E-state index contributed by atoms with van der Waals surface area (Å²) in [5.74, 6) is -0.692. The summed E-state index contributed by atoms with van der Waals surface area (Å²) in [5.41, 5.74) is 1.22. The Hall–Kier alpha value is -2.95. The molecule has 0 saturated heterocycles. The van der Waals surface area contributed by atoms with Gasteiger partial charge in [-0.2, -0.15) is 0 Å². The third-order valence-electron chi connectivity index (χ3n) is 7.67. The van der Waals surface area contributed by atoms with Crippen LogP contribution in [-0.2, 0) is 14.3 Å². The van der Waals surface area contributed by atoms with Crippen LogP contribution >= 0.6 is 0 Å². The van der Waals surface area contributed by atoms with Gasteiger partial charge in [0.15, 0.2) is 11.5 Å². The molecule has 1 fully saturated rings. The van der Waals surface area contributed by atoms with E-state index >= 15 is 0 Å². The molecular formula is C28H38N2O8. The van der Waals surface area contributed by atoms with Crippen LogP contribution in [0.3, 0.4) is 0 Å². The second kappa shape index (κ2) is 12.7. The van der Waals surface area contributed by atoms with Crippen molar-refractivity contribution < 1.29 is 38.8 Å². The fourth-order valence-electron chi connectivity index (χ4n) is 5.94. The molecule has 2 aliphatic carbocycles. The standard InChI is InChI=1S/C28H38N2O8/c1-3-37-16-23(33)30(18-8-6-4-5-7-9-18)21-14-20(28(35)29-10-11-31)24-19-12-17(15-32)13-22(36-2)26(19)38-27(24)25(21)34/h12-15,18,21,24-25,27,31,34H,3-11,16H2,1-2H3,(H,29,35)/t21-,24+,25+,27+/m1/s1. The molecule has 0 radical (unpaired) electrons. The SMILES string of the molecule is CCOCC(=O)N(C1CCCCCC1)[C@@H]1C=C(C(=O)NCCO)[C@@H]2c3cc(C=O)cc(OC)c3O[C@@H]2[C@H]1O. The highest BCUT2D eigenvalue weighted by Gasteiger charge is 2.52. The average Bonchev–Trinajstić information content (AvgIpc) is 3.11. The van der Waals surface area contributed by atoms with Crippen molar-refractivity contribution in [3.63, 3.8) is 0 Å². The monoisotopic (exact) mass is 530 g/mol. The van der Waals surface area contributed by atoms with Gasteiger partial charge in [-0.25, -0.2) is 0 Å². The van der Waals surface area contributed by atoms with E-state index < -0.39 is 30.1 Å². The lowest BCUT2D eigenvalue weighted by atomic mass is 9.76. The van der Waals surface area contributed by atoms with Crippen LogP contribution in [0.25, 0.3) is 0 Å². The summed E-state index contributed by atoms with van der Waals surface area (Å²) in [7, 11) is 1.46. The van der Waals surface area contributed by atoms with Gasteiger partial charge in [0, 0.05) is 35.9 Å². The Kier molecular flexibility index (Phi) is 9.40. The molecule has 1 heterocycles. The number of benzene rings is 1. The summed E-state index contributed by atoms with van der Waals surface area (Å²) in [5, 5.41) is 23.8. The summed E-state index contributed by atoms with van der Waals surface area (Å²) >= 11 is 0. The van der Waals surface area contributed by atoms with Crippen LogP contribution in [0.15, 0.2) is 23.8 Å². The first kappa shape index (κ1) is 28.1. The lowest BCUT2D eigenvalue weighted by Crippen LogP contribution is -2.59. The first-order chi connectivity index (χ1) is 18.4. The molecule has 38 heavy (non-hydrogen) atoms. The van der Waals surface area contributed by atoms with Gasteiger partial charge in [0.2, 0.25) is 11.8 Å². The average molecular weight is 531 g/mol. The number of aliphatic hydroxyl groups excluding tert-OH is 2. The summed E-state index contributed by atoms with van der Waals surface area (Å²) in [6, 6.07) is 2.25. The van der Waals surface area contributed by atoms with Crippen LogP contribution < -0.4 is 14.8 Å². The molecule has 0 aromatic heterocycles. The predicted molar refractivity (Wildman–Crippen MR) is 138 cm³/mol. The summed E-state index contributed by atoms with van der Waals surface area (Å²) < 4.78 is 17.2. The van der Waals surface area contributed by atoms with E-state index in [1.807, 2.05) is 6.92 Å². The molecule has 0 unspecified atom stereocenters. The number of aliphatic hydroxyl groups is 2. The fourth-order valence-corrected chi connectivity index (χ4v) is 5.94. The van der Waals surface area contributed by atoms with Crippen molar-refractivity contribution in [3.8, 4) is 11.5 Å². The largest absolute Gasteiger partial charge is 0.493 e. The number of amides is 2. The Balaban J connectivity index is 1.81. The van der Waals surface area contributed by atoms with Gasteiger partial charge in [0.1, 0.15) is 25.1 Å². The molecule has 4 atom stereocenters. The molecule has 1 aliphatic heterocycles. The van der Waals surface area contributed by atoms with Gasteiger partial charge in [-0.1, -0.05) is 25.7 Å². The third-order valence-corrected chi connectivity index (χ3v) is 7.67. The van der Waals surface area contributed by atoms with Gasteiger partial charge in [-0.15, -0.1) is 0 Å². The molecule has 3 N–H and O–H groups in total. The van der Waals surface area contributed by atoms with E-state index in [-0.39, 0.29) is 31.7 Å². The Morgan fingerprint density at radius 3 is 2.58 bits per heavy atom. The van der Waals surface area contributed by atoms with Gasteiger partial charge >= 0.3 is 0 Å². The lowest BCUT2D eigenvalue weighted by molar-refractivity contribution is -0.145. The Bertz CT molecular complexity index is 1050. The molecule has 1 aromatic carbocycles. The van der Waals surface area contributed by atoms with Crippen LogP contribution in [0.2, 0.25) is 0 Å². The van der Waals surface area contributed by atoms with E-state index in [1.165, 1.54) is 7.11 Å². The number of carbonyl (C=O) groups excluding carboxylic acids is 3. The van der Waals surface area contributed by atoms with Crippen LogP contribution in [0.4, 0.5) is 0 Å². The van der Waals surface area contributed by atoms with E-state index in [9.17, 15) is 24.6 Å². The lowest BCUT2D eigenvalue weighted by Gasteiger charge is -2.44. The highest BCUT2D eigenvalue weighted by Crippen LogP contribution is 2.51. The summed E-state index contributed by atoms with van der Waals surface area (Å²) in [6.07, 6.45) is 6.02. The summed E-state index contributed by atoms with van der Waals surface area (Å²) in [4.78, 5) is 40.3. The molecule has 1 aromatic rings. The van der Waals surface area contributed by atoms with E-state index in [4.69, 9.17) is 14.2 Å². The van der Waals surface area contributed by atoms with Gasteiger partial charge in [0.25, 0.3) is 0 Å². The van der Waals surface area contributed by atoms with Gasteiger partial charge in [-0.3, -0.25) is 14.4 Å². The van der Waals surface area contributed by atoms with Crippen molar-refractivity contribution in [3.05, 3.63) is 34.9 Å². The highest BCUT2D eigenvalue weighted by molar-refractivity contribution is 5.96. The zero-order valence-electron chi connectivity index (χ0n) is 22.1. The van der Waals surface area contributed by atoms with Crippen LogP contribution in [0, 0.1) is 0 Å². The number of nitrogens with zero attached hydrogens (tertiary/aromatic N) is 1. The number of nitrogens with one attached hydrogen (secondary N) is 1. The van der Waals surface area contributed by atoms with Crippen LogP contribution in [0.1, 0.15) is 67.3 Å². The van der Waals surface area contributed by atoms with Crippen LogP contribution in [0.5, 0.6) is 11.5 Å². The van der Waals surface area contributed by atoms with Crippen molar-refractivity contribution in [1.82, 2.24) is 10.2 Å². The number of carbonyl (C=O) groups is 3. The number of fused-ring (bicyclic) bond motifs is 3. The molecule has 208 valence electrons. The minimum absolute atomic E-state index is 0.0435. The van der Waals surface area contributed by atoms with Gasteiger partial charge in [0.05, 0.1) is 25.7 Å². The van der Waals surface area contributed by atoms with Crippen LogP contribution in [-0.4, -0.2) is 91.0 Å². The number of methoxy groups -OCH3 is 1. The fraction of sp³-hybridized carbons (Fsp3) is 0.607. The smallest absolute Gasteiger partial charge is 0.249 e. The normalized spacial score (nSPS) is 24.8. The predicted octanol–water partition coefficient (Wildman–Crippen LogP) is 1.72. The third kappa shape index (κ3) is 5.57. The maximum atomic E-state index is 13.5. The second-order valence-corrected chi connectivity index (χ2v) is 9.99. The highest BCUT2D eigenvalue weighted by atomic mass is 16.5. The zero-order valence-corrected chi connectivity index (χ0v) is 22.1. The Labute approximate surface area is 222 Å². The number of ether oxygens (including phenoxy) is 3. The van der Waals surface area contributed by atoms with E-state index in [2.05, 4.69) is 5.32 Å². The van der Waals surface area contributed by atoms with Crippen molar-refractivity contribution in [1.29, 1.82) is 0 Å². The molecule has 2 amide bonds. The molecule has 3 aliphatic rings. The first-order valence-corrected chi connectivity index (χ1v) is 13.5. The topological polar surface area (TPSA) is 135 Å². The van der Waals surface area contributed by atoms with Crippen molar-refractivity contribution >= 4 is 18.1 Å². The molecule has 0 bridgehead atoms. The molecular weight excluding hydrogens is 492 g/mol. The second-order valence-electron chi connectivity index (χ2n) is 9.99. The maximum Gasteiger partial charge on any atom is 0.249 e. The van der Waals surface area contributed by atoms with Crippen molar-refractivity contribution in [2.24, 2.45) is 0 Å². The molecule has 10 heteroatoms. The van der Waals surface area contributed by atoms with E-state index in [0.717, 1.165) is 38.5 Å². The molecule has 1 saturated carbocycles. The quantitative estimate of drug-likeness (QED) is 0.308. The zero-order chi connectivity index (χ0) is 27.2. The first-order valence-electron chi connectivity index (χ1n) is 13.5. The minimum Gasteiger partial charge on any atom is -0.493 e. The Morgan fingerprint density at radius 1 is 1.21 bits per heavy atom. The molecule has 10 nitrogen and oxygen atoms in total. The van der Waals surface area contributed by atoms with Crippen molar-refractivity contribution in [2.45, 2.75) is 75.7 Å². The number of hydrogen-bond acceptors (Lipinski definition) is 8. The van der Waals surface area contributed by atoms with Gasteiger partial charge in [-0.05, 0) is 38.0 Å². The van der Waals surface area contributed by atoms with Crippen molar-refractivity contribution in [2.75, 3.05) is 33.5 Å². The number of rotatable bonds is 10. The summed E-state index contributed by atoms with van der Waals surface area (Å²) in [6.45, 7) is 1.88. The molecule has 4 rings (SSSR count). The molecule has 0 spiro atoms. The number of hydrogen-bond donors (Lipinski definition) is 3. The minimum atomic E-state index is -1.15. The van der Waals surface area contributed by atoms with E-state index in [0.29, 0.717) is 41.1 Å². The maximum absolute atomic E-state index is 13.5. The number of aldehydes is 1. The van der Waals surface area contributed by atoms with Gasteiger partial charge < -0.3 is 34.6 Å².